The van der Waals surface area contributed by atoms with Crippen molar-refractivity contribution < 1.29 is 14.4 Å². The summed E-state index contributed by atoms with van der Waals surface area (Å²) in [6.45, 7) is 17.6. The predicted molar refractivity (Wildman–Crippen MR) is 142 cm³/mol. The quantitative estimate of drug-likeness (QED) is 0.684. The molecule has 1 fully saturated rings. The lowest BCUT2D eigenvalue weighted by Gasteiger charge is -2.45. The summed E-state index contributed by atoms with van der Waals surface area (Å²) in [6, 6.07) is 5.68. The van der Waals surface area contributed by atoms with Gasteiger partial charge >= 0.3 is 0 Å². The number of primary amides is 1. The molecule has 0 atom stereocenters. The number of nitrogens with two attached hydrogens (primary N) is 1. The molecule has 9 nitrogen and oxygen atoms in total. The van der Waals surface area contributed by atoms with Gasteiger partial charge in [0.15, 0.2) is 0 Å². The third-order valence-electron chi connectivity index (χ3n) is 7.63. The van der Waals surface area contributed by atoms with Gasteiger partial charge in [0.25, 0.3) is 0 Å². The van der Waals surface area contributed by atoms with Crippen molar-refractivity contribution in [3.8, 4) is 5.69 Å². The monoisotopic (exact) mass is 508 g/mol. The number of aryl methyl sites for hydroxylation is 1. The van der Waals surface area contributed by atoms with Crippen LogP contribution in [0.3, 0.4) is 0 Å². The molecule has 3 heterocycles. The first kappa shape index (κ1) is 26.9. The number of aromatic nitrogens is 2. The lowest BCUT2D eigenvalue weighted by atomic mass is 9.84. The molecule has 0 radical (unpaired) electrons. The van der Waals surface area contributed by atoms with Crippen LogP contribution in [0.15, 0.2) is 18.2 Å². The van der Waals surface area contributed by atoms with Crippen LogP contribution in [-0.4, -0.2) is 73.9 Å². The molecule has 3 amide bonds. The van der Waals surface area contributed by atoms with E-state index in [4.69, 9.17) is 10.8 Å². The van der Waals surface area contributed by atoms with Crippen LogP contribution in [0.1, 0.15) is 74.4 Å². The molecule has 0 bridgehead atoms. The molecule has 0 unspecified atom stereocenters. The summed E-state index contributed by atoms with van der Waals surface area (Å²) in [5, 5.41) is 4.88. The van der Waals surface area contributed by atoms with Gasteiger partial charge in [-0.2, -0.15) is 5.10 Å². The number of carbonyl (C=O) groups is 3. The largest absolute Gasteiger partial charge is 0.366 e. The second-order valence-corrected chi connectivity index (χ2v) is 12.0. The third-order valence-corrected chi connectivity index (χ3v) is 7.63. The Morgan fingerprint density at radius 3 is 2.30 bits per heavy atom. The Hall–Kier alpha value is -3.20. The summed E-state index contributed by atoms with van der Waals surface area (Å²) < 4.78 is 1.97. The van der Waals surface area contributed by atoms with E-state index >= 15 is 0 Å². The van der Waals surface area contributed by atoms with Crippen molar-refractivity contribution in [3.05, 3.63) is 46.3 Å². The molecule has 1 aromatic heterocycles. The van der Waals surface area contributed by atoms with Crippen LogP contribution in [0.2, 0.25) is 0 Å². The predicted octanol–water partition coefficient (Wildman–Crippen LogP) is 2.65. The molecule has 2 N–H and O–H groups in total. The fraction of sp³-hybridized carbons (Fsp3) is 0.571. The summed E-state index contributed by atoms with van der Waals surface area (Å²) in [7, 11) is 0. The van der Waals surface area contributed by atoms with E-state index in [0.717, 1.165) is 41.3 Å². The molecular weight excluding hydrogens is 468 g/mol. The van der Waals surface area contributed by atoms with Gasteiger partial charge in [0.1, 0.15) is 0 Å². The number of benzene rings is 1. The van der Waals surface area contributed by atoms with E-state index in [1.54, 1.807) is 13.0 Å². The van der Waals surface area contributed by atoms with Crippen molar-refractivity contribution in [1.82, 2.24) is 24.5 Å². The minimum atomic E-state index is -0.464. The standard InChI is InChI=1S/C28H40N6O3/c1-18-23-17-33(26(37)27(3,4)5)28(6,7)15-24(23)34(30-18)21-8-9-22(25(29)36)20(14-21)16-31-10-12-32(13-11-31)19(2)35/h8-9,14H,10-13,15-17H2,1-7H3,(H2,29,36). The zero-order chi connectivity index (χ0) is 27.3. The van der Waals surface area contributed by atoms with E-state index in [1.165, 1.54) is 0 Å². The number of hydrogen-bond donors (Lipinski definition) is 1. The number of piperazine rings is 1. The normalized spacial score (nSPS) is 18.0. The van der Waals surface area contributed by atoms with E-state index in [2.05, 4.69) is 18.7 Å². The van der Waals surface area contributed by atoms with E-state index in [1.807, 2.05) is 54.3 Å². The third kappa shape index (κ3) is 5.28. The van der Waals surface area contributed by atoms with Gasteiger partial charge in [-0.05, 0) is 44.5 Å². The lowest BCUT2D eigenvalue weighted by molar-refractivity contribution is -0.146. The highest BCUT2D eigenvalue weighted by atomic mass is 16.2. The highest BCUT2D eigenvalue weighted by molar-refractivity contribution is 5.94. The number of amides is 3. The molecule has 9 heteroatoms. The van der Waals surface area contributed by atoms with Crippen molar-refractivity contribution in [2.75, 3.05) is 26.2 Å². The average Bonchev–Trinajstić information content (AvgIpc) is 3.11. The molecule has 0 aliphatic carbocycles. The topological polar surface area (TPSA) is 105 Å². The Morgan fingerprint density at radius 2 is 1.73 bits per heavy atom. The molecule has 2 aromatic rings. The second kappa shape index (κ2) is 9.59. The molecule has 1 saturated heterocycles. The number of nitrogens with zero attached hydrogens (tertiary/aromatic N) is 5. The Kier molecular flexibility index (Phi) is 6.96. The number of rotatable bonds is 4. The SMILES string of the molecule is CC(=O)N1CCN(Cc2cc(-n3nc(C)c4c3CC(C)(C)N(C(=O)C(C)(C)C)C4)ccc2C(N)=O)CC1. The highest BCUT2D eigenvalue weighted by Gasteiger charge is 2.42. The van der Waals surface area contributed by atoms with Crippen LogP contribution in [0.4, 0.5) is 0 Å². The molecule has 37 heavy (non-hydrogen) atoms. The maximum atomic E-state index is 13.3. The molecule has 4 rings (SSSR count). The molecule has 0 saturated carbocycles. The Balaban J connectivity index is 1.67. The summed E-state index contributed by atoms with van der Waals surface area (Å²) >= 11 is 0. The molecular formula is C28H40N6O3. The average molecular weight is 509 g/mol. The van der Waals surface area contributed by atoms with Crippen LogP contribution in [-0.2, 0) is 29.1 Å². The van der Waals surface area contributed by atoms with Crippen LogP contribution in [0.5, 0.6) is 0 Å². The van der Waals surface area contributed by atoms with Crippen molar-refractivity contribution in [2.45, 2.75) is 73.5 Å². The zero-order valence-corrected chi connectivity index (χ0v) is 23.2. The maximum absolute atomic E-state index is 13.3. The number of hydrogen-bond acceptors (Lipinski definition) is 5. The minimum Gasteiger partial charge on any atom is -0.366 e. The van der Waals surface area contributed by atoms with Crippen LogP contribution < -0.4 is 5.73 Å². The fourth-order valence-corrected chi connectivity index (χ4v) is 5.38. The molecule has 2 aliphatic rings. The van der Waals surface area contributed by atoms with Gasteiger partial charge in [0, 0.05) is 74.7 Å². The molecule has 1 aromatic carbocycles. The van der Waals surface area contributed by atoms with Gasteiger partial charge in [-0.3, -0.25) is 19.3 Å². The first-order chi connectivity index (χ1) is 17.2. The summed E-state index contributed by atoms with van der Waals surface area (Å²) in [6.07, 6.45) is 0.672. The molecule has 2 aliphatic heterocycles. The van der Waals surface area contributed by atoms with Crippen molar-refractivity contribution in [1.29, 1.82) is 0 Å². The minimum absolute atomic E-state index is 0.0870. The van der Waals surface area contributed by atoms with Gasteiger partial charge in [-0.15, -0.1) is 0 Å². The number of carbonyl (C=O) groups excluding carboxylic acids is 3. The van der Waals surface area contributed by atoms with E-state index < -0.39 is 11.3 Å². The Labute approximate surface area is 219 Å². The molecule has 200 valence electrons. The first-order valence-electron chi connectivity index (χ1n) is 13.0. The highest BCUT2D eigenvalue weighted by Crippen LogP contribution is 2.36. The van der Waals surface area contributed by atoms with Crippen molar-refractivity contribution in [3.63, 3.8) is 0 Å². The fourth-order valence-electron chi connectivity index (χ4n) is 5.38. The zero-order valence-electron chi connectivity index (χ0n) is 23.2. The van der Waals surface area contributed by atoms with Crippen molar-refractivity contribution >= 4 is 17.7 Å². The Morgan fingerprint density at radius 1 is 1.08 bits per heavy atom. The van der Waals surface area contributed by atoms with Gasteiger partial charge in [-0.1, -0.05) is 20.8 Å². The second-order valence-electron chi connectivity index (χ2n) is 12.0. The van der Waals surface area contributed by atoms with Crippen LogP contribution in [0.25, 0.3) is 5.69 Å². The summed E-state index contributed by atoms with van der Waals surface area (Å²) in [5.41, 5.74) is 10.2. The first-order valence-corrected chi connectivity index (χ1v) is 13.0. The van der Waals surface area contributed by atoms with Gasteiger partial charge in [0.2, 0.25) is 17.7 Å². The molecule has 0 spiro atoms. The number of fused-ring (bicyclic) bond motifs is 1. The van der Waals surface area contributed by atoms with E-state index in [-0.39, 0.29) is 17.4 Å². The smallest absolute Gasteiger partial charge is 0.249 e. The summed E-state index contributed by atoms with van der Waals surface area (Å²) in [5.74, 6) is -0.239. The van der Waals surface area contributed by atoms with Gasteiger partial charge in [-0.25, -0.2) is 4.68 Å². The Bertz CT molecular complexity index is 1230. The van der Waals surface area contributed by atoms with Gasteiger partial charge < -0.3 is 15.5 Å². The van der Waals surface area contributed by atoms with E-state index in [0.29, 0.717) is 38.2 Å². The van der Waals surface area contributed by atoms with Crippen LogP contribution in [0, 0.1) is 12.3 Å². The van der Waals surface area contributed by atoms with E-state index in [9.17, 15) is 14.4 Å². The summed E-state index contributed by atoms with van der Waals surface area (Å²) in [4.78, 5) is 43.3. The maximum Gasteiger partial charge on any atom is 0.249 e. The van der Waals surface area contributed by atoms with Gasteiger partial charge in [0.05, 0.1) is 17.1 Å². The van der Waals surface area contributed by atoms with Crippen LogP contribution >= 0.6 is 0 Å². The lowest BCUT2D eigenvalue weighted by Crippen LogP contribution is -2.54. The van der Waals surface area contributed by atoms with Crippen molar-refractivity contribution in [2.24, 2.45) is 11.1 Å².